The van der Waals surface area contributed by atoms with E-state index in [0.29, 0.717) is 11.8 Å². The predicted molar refractivity (Wildman–Crippen MR) is 89.6 cm³/mol. The Bertz CT molecular complexity index is 729. The largest absolute Gasteiger partial charge is 0.388 e. The second kappa shape index (κ2) is 5.54. The SMILES string of the molecule is CCCC(O)c1cc2ccn(C(C)=O)c2c2c1[C@H](C)C[C@@H]2C. The molecule has 0 bridgehead atoms. The van der Waals surface area contributed by atoms with Crippen LogP contribution in [-0.2, 0) is 0 Å². The zero-order chi connectivity index (χ0) is 16.0. The van der Waals surface area contributed by atoms with Crippen molar-refractivity contribution in [2.45, 2.75) is 64.9 Å². The molecule has 3 nitrogen and oxygen atoms in total. The van der Waals surface area contributed by atoms with Crippen LogP contribution in [0.4, 0.5) is 0 Å². The predicted octanol–water partition coefficient (Wildman–Crippen LogP) is 4.75. The fraction of sp³-hybridized carbons (Fsp3) is 0.526. The highest BCUT2D eigenvalue weighted by Gasteiger charge is 2.32. The van der Waals surface area contributed by atoms with Crippen LogP contribution < -0.4 is 0 Å². The van der Waals surface area contributed by atoms with Gasteiger partial charge in [-0.25, -0.2) is 0 Å². The van der Waals surface area contributed by atoms with Gasteiger partial charge in [-0.2, -0.15) is 0 Å². The second-order valence-corrected chi connectivity index (χ2v) is 6.78. The zero-order valence-corrected chi connectivity index (χ0v) is 13.9. The van der Waals surface area contributed by atoms with Crippen molar-refractivity contribution in [2.24, 2.45) is 0 Å². The third kappa shape index (κ3) is 2.19. The van der Waals surface area contributed by atoms with Gasteiger partial charge in [0.2, 0.25) is 5.91 Å². The van der Waals surface area contributed by atoms with Gasteiger partial charge in [0.05, 0.1) is 11.6 Å². The molecule has 3 atom stereocenters. The monoisotopic (exact) mass is 299 g/mol. The lowest BCUT2D eigenvalue weighted by atomic mass is 9.90. The number of carbonyl (C=O) groups is 1. The van der Waals surface area contributed by atoms with Crippen LogP contribution in [0.2, 0.25) is 0 Å². The summed E-state index contributed by atoms with van der Waals surface area (Å²) in [5.41, 5.74) is 4.67. The van der Waals surface area contributed by atoms with E-state index in [1.165, 1.54) is 11.1 Å². The molecule has 3 rings (SSSR count). The van der Waals surface area contributed by atoms with E-state index in [9.17, 15) is 9.90 Å². The molecule has 1 aromatic carbocycles. The highest BCUT2D eigenvalue weighted by atomic mass is 16.3. The van der Waals surface area contributed by atoms with Gasteiger partial charge in [-0.1, -0.05) is 27.2 Å². The van der Waals surface area contributed by atoms with Crippen molar-refractivity contribution in [1.29, 1.82) is 0 Å². The Hall–Kier alpha value is -1.61. The van der Waals surface area contributed by atoms with E-state index in [1.54, 1.807) is 11.5 Å². The number of benzene rings is 1. The number of aliphatic hydroxyl groups is 1. The molecule has 22 heavy (non-hydrogen) atoms. The molecular formula is C19H25NO2. The van der Waals surface area contributed by atoms with E-state index < -0.39 is 6.10 Å². The van der Waals surface area contributed by atoms with Crippen molar-refractivity contribution >= 4 is 16.8 Å². The Morgan fingerprint density at radius 3 is 2.68 bits per heavy atom. The van der Waals surface area contributed by atoms with Crippen LogP contribution in [0.5, 0.6) is 0 Å². The van der Waals surface area contributed by atoms with Gasteiger partial charge >= 0.3 is 0 Å². The molecule has 0 amide bonds. The van der Waals surface area contributed by atoms with Crippen molar-refractivity contribution in [3.8, 4) is 0 Å². The normalized spacial score (nSPS) is 22.0. The highest BCUT2D eigenvalue weighted by Crippen LogP contribution is 2.48. The van der Waals surface area contributed by atoms with E-state index >= 15 is 0 Å². The van der Waals surface area contributed by atoms with Crippen LogP contribution in [0.1, 0.15) is 86.4 Å². The van der Waals surface area contributed by atoms with Crippen LogP contribution in [-0.4, -0.2) is 15.6 Å². The molecule has 1 aliphatic rings. The zero-order valence-electron chi connectivity index (χ0n) is 13.9. The number of nitrogens with zero attached hydrogens (tertiary/aromatic N) is 1. The number of aromatic nitrogens is 1. The Labute approximate surface area is 131 Å². The standard InChI is InChI=1S/C19H25NO2/c1-5-6-16(22)15-10-14-7-8-20(13(4)21)19(14)18-12(3)9-11(2)17(15)18/h7-8,10-12,16,22H,5-6,9H2,1-4H3/t11-,12+,16?/m1/s1. The molecule has 3 heteroatoms. The fourth-order valence-electron chi connectivity index (χ4n) is 4.16. The van der Waals surface area contributed by atoms with Gasteiger partial charge in [0.1, 0.15) is 0 Å². The van der Waals surface area contributed by atoms with Gasteiger partial charge in [-0.15, -0.1) is 0 Å². The van der Waals surface area contributed by atoms with E-state index in [1.807, 2.05) is 12.3 Å². The molecule has 0 fully saturated rings. The minimum Gasteiger partial charge on any atom is -0.388 e. The summed E-state index contributed by atoms with van der Waals surface area (Å²) in [7, 11) is 0. The molecule has 1 N–H and O–H groups in total. The molecular weight excluding hydrogens is 274 g/mol. The number of hydrogen-bond donors (Lipinski definition) is 1. The fourth-order valence-corrected chi connectivity index (χ4v) is 4.16. The van der Waals surface area contributed by atoms with E-state index in [-0.39, 0.29) is 5.91 Å². The maximum Gasteiger partial charge on any atom is 0.227 e. The summed E-state index contributed by atoms with van der Waals surface area (Å²) in [5, 5.41) is 11.7. The summed E-state index contributed by atoms with van der Waals surface area (Å²) in [6.45, 7) is 8.17. The molecule has 1 heterocycles. The highest BCUT2D eigenvalue weighted by molar-refractivity contribution is 5.95. The summed E-state index contributed by atoms with van der Waals surface area (Å²) in [6, 6.07) is 4.09. The maximum absolute atomic E-state index is 11.9. The Balaban J connectivity index is 2.33. The summed E-state index contributed by atoms with van der Waals surface area (Å²) in [6.07, 6.45) is 4.29. The lowest BCUT2D eigenvalue weighted by Gasteiger charge is -2.19. The molecule has 118 valence electrons. The minimum atomic E-state index is -0.406. The molecule has 0 spiro atoms. The third-order valence-electron chi connectivity index (χ3n) is 5.04. The lowest BCUT2D eigenvalue weighted by Crippen LogP contribution is -2.08. The van der Waals surface area contributed by atoms with Crippen LogP contribution in [0.3, 0.4) is 0 Å². The molecule has 1 aromatic heterocycles. The minimum absolute atomic E-state index is 0.0470. The van der Waals surface area contributed by atoms with Crippen LogP contribution in [0, 0.1) is 0 Å². The van der Waals surface area contributed by atoms with Crippen LogP contribution in [0.25, 0.3) is 10.9 Å². The van der Waals surface area contributed by atoms with Crippen LogP contribution in [0.15, 0.2) is 18.3 Å². The molecule has 2 aromatic rings. The number of aliphatic hydroxyl groups excluding tert-OH is 1. The third-order valence-corrected chi connectivity index (χ3v) is 5.04. The summed E-state index contributed by atoms with van der Waals surface area (Å²) >= 11 is 0. The molecule has 0 saturated carbocycles. The summed E-state index contributed by atoms with van der Waals surface area (Å²) in [4.78, 5) is 11.9. The van der Waals surface area contributed by atoms with E-state index in [0.717, 1.165) is 35.7 Å². The van der Waals surface area contributed by atoms with E-state index in [4.69, 9.17) is 0 Å². The van der Waals surface area contributed by atoms with Gasteiger partial charge in [-0.05, 0) is 53.5 Å². The number of carbonyl (C=O) groups excluding carboxylic acids is 1. The number of fused-ring (bicyclic) bond motifs is 3. The van der Waals surface area contributed by atoms with Crippen molar-refractivity contribution in [1.82, 2.24) is 4.57 Å². The lowest BCUT2D eigenvalue weighted by molar-refractivity contribution is 0.0941. The topological polar surface area (TPSA) is 42.2 Å². The first kappa shape index (κ1) is 15.3. The first-order valence-electron chi connectivity index (χ1n) is 8.32. The first-order chi connectivity index (χ1) is 10.5. The molecule has 0 aliphatic heterocycles. The van der Waals surface area contributed by atoms with E-state index in [2.05, 4.69) is 26.8 Å². The Morgan fingerprint density at radius 1 is 1.36 bits per heavy atom. The Kier molecular flexibility index (Phi) is 3.85. The van der Waals surface area contributed by atoms with Gasteiger partial charge in [-0.3, -0.25) is 9.36 Å². The molecule has 0 radical (unpaired) electrons. The second-order valence-electron chi connectivity index (χ2n) is 6.78. The van der Waals surface area contributed by atoms with Gasteiger partial charge in [0.25, 0.3) is 0 Å². The molecule has 1 aliphatic carbocycles. The van der Waals surface area contributed by atoms with Gasteiger partial charge < -0.3 is 5.11 Å². The smallest absolute Gasteiger partial charge is 0.227 e. The maximum atomic E-state index is 11.9. The van der Waals surface area contributed by atoms with Gasteiger partial charge in [0.15, 0.2) is 0 Å². The average Bonchev–Trinajstić information content (AvgIpc) is 2.99. The van der Waals surface area contributed by atoms with Crippen molar-refractivity contribution in [2.75, 3.05) is 0 Å². The molecule has 0 saturated heterocycles. The average molecular weight is 299 g/mol. The molecule has 1 unspecified atom stereocenters. The first-order valence-corrected chi connectivity index (χ1v) is 8.32. The summed E-state index contributed by atoms with van der Waals surface area (Å²) < 4.78 is 1.76. The number of hydrogen-bond acceptors (Lipinski definition) is 2. The quantitative estimate of drug-likeness (QED) is 0.889. The Morgan fingerprint density at radius 2 is 2.05 bits per heavy atom. The summed E-state index contributed by atoms with van der Waals surface area (Å²) in [5.74, 6) is 0.909. The number of rotatable bonds is 3. The van der Waals surface area contributed by atoms with Crippen molar-refractivity contribution < 1.29 is 9.90 Å². The van der Waals surface area contributed by atoms with Crippen molar-refractivity contribution in [3.63, 3.8) is 0 Å². The van der Waals surface area contributed by atoms with Gasteiger partial charge in [0, 0.05) is 18.5 Å². The van der Waals surface area contributed by atoms with Crippen LogP contribution >= 0.6 is 0 Å². The van der Waals surface area contributed by atoms with Crippen molar-refractivity contribution in [3.05, 3.63) is 35.0 Å².